The largest absolute Gasteiger partial charge is 0.388 e. The third-order valence-corrected chi connectivity index (χ3v) is 4.96. The highest BCUT2D eigenvalue weighted by molar-refractivity contribution is 5.76. The van der Waals surface area contributed by atoms with Crippen LogP contribution in [0.3, 0.4) is 0 Å². The number of aryl methyl sites for hydroxylation is 1. The van der Waals surface area contributed by atoms with Crippen LogP contribution in [0, 0.1) is 0 Å². The second-order valence-electron chi connectivity index (χ2n) is 7.76. The summed E-state index contributed by atoms with van der Waals surface area (Å²) in [5.74, 6) is 0.200. The van der Waals surface area contributed by atoms with Crippen molar-refractivity contribution in [3.05, 3.63) is 29.8 Å². The number of anilines is 1. The Kier molecular flexibility index (Phi) is 6.85. The third-order valence-electron chi connectivity index (χ3n) is 4.96. The van der Waals surface area contributed by atoms with Crippen molar-refractivity contribution in [1.29, 1.82) is 0 Å². The molecule has 1 amide bonds. The van der Waals surface area contributed by atoms with E-state index in [1.54, 1.807) is 0 Å². The van der Waals surface area contributed by atoms with E-state index in [0.717, 1.165) is 25.8 Å². The van der Waals surface area contributed by atoms with Gasteiger partial charge in [0, 0.05) is 45.8 Å². The third kappa shape index (κ3) is 6.01. The summed E-state index contributed by atoms with van der Waals surface area (Å²) in [6.45, 7) is 2.07. The lowest BCUT2D eigenvalue weighted by atomic mass is 9.94. The van der Waals surface area contributed by atoms with E-state index in [1.807, 2.05) is 38.0 Å². The second kappa shape index (κ2) is 8.68. The first-order chi connectivity index (χ1) is 11.8. The molecule has 1 heterocycles. The molecule has 0 radical (unpaired) electrons. The number of amides is 1. The van der Waals surface area contributed by atoms with Crippen molar-refractivity contribution in [3.8, 4) is 0 Å². The van der Waals surface area contributed by atoms with Crippen LogP contribution in [0.5, 0.6) is 0 Å². The number of likely N-dealkylation sites (N-methyl/N-ethyl adjacent to an activating group) is 1. The van der Waals surface area contributed by atoms with E-state index in [1.165, 1.54) is 11.3 Å². The highest BCUT2D eigenvalue weighted by atomic mass is 16.3. The summed E-state index contributed by atoms with van der Waals surface area (Å²) in [4.78, 5) is 18.6. The van der Waals surface area contributed by atoms with E-state index in [9.17, 15) is 9.90 Å². The maximum absolute atomic E-state index is 12.6. The second-order valence-corrected chi connectivity index (χ2v) is 7.76. The molecule has 1 N–H and O–H groups in total. The molecule has 0 spiro atoms. The Morgan fingerprint density at radius 2 is 1.80 bits per heavy atom. The van der Waals surface area contributed by atoms with Gasteiger partial charge in [-0.3, -0.25) is 4.79 Å². The number of hydrogen-bond donors (Lipinski definition) is 1. The van der Waals surface area contributed by atoms with Crippen molar-refractivity contribution >= 4 is 11.6 Å². The number of carbonyl (C=O) groups excluding carboxylic acids is 1. The van der Waals surface area contributed by atoms with E-state index < -0.39 is 5.60 Å². The average molecular weight is 348 g/mol. The van der Waals surface area contributed by atoms with Crippen molar-refractivity contribution in [2.75, 3.05) is 52.7 Å². The first kappa shape index (κ1) is 19.7. The SMILES string of the molecule is CN(C)C[C@]1(O)CCCN(C(=O)CCc2ccc(N(C)C)cc2)CC1. The molecule has 1 atom stereocenters. The van der Waals surface area contributed by atoms with Gasteiger partial charge in [0.15, 0.2) is 0 Å². The molecule has 1 aliphatic rings. The van der Waals surface area contributed by atoms with Crippen LogP contribution < -0.4 is 4.90 Å². The maximum Gasteiger partial charge on any atom is 0.222 e. The van der Waals surface area contributed by atoms with Crippen molar-refractivity contribution in [3.63, 3.8) is 0 Å². The number of rotatable bonds is 6. The molecule has 5 heteroatoms. The number of benzene rings is 1. The lowest BCUT2D eigenvalue weighted by molar-refractivity contribution is -0.131. The predicted octanol–water partition coefficient (Wildman–Crippen LogP) is 1.99. The van der Waals surface area contributed by atoms with Gasteiger partial charge < -0.3 is 19.8 Å². The van der Waals surface area contributed by atoms with E-state index in [2.05, 4.69) is 29.2 Å². The van der Waals surface area contributed by atoms with Gasteiger partial charge in [-0.1, -0.05) is 12.1 Å². The smallest absolute Gasteiger partial charge is 0.222 e. The lowest BCUT2D eigenvalue weighted by Crippen LogP contribution is -2.41. The average Bonchev–Trinajstić information content (AvgIpc) is 2.74. The molecule has 1 aromatic rings. The first-order valence-corrected chi connectivity index (χ1v) is 9.20. The minimum Gasteiger partial charge on any atom is -0.388 e. The molecule has 25 heavy (non-hydrogen) atoms. The molecule has 2 rings (SSSR count). The molecule has 0 aliphatic carbocycles. The van der Waals surface area contributed by atoms with Crippen molar-refractivity contribution in [2.24, 2.45) is 0 Å². The van der Waals surface area contributed by atoms with Crippen LogP contribution in [0.15, 0.2) is 24.3 Å². The maximum atomic E-state index is 12.6. The molecule has 1 aromatic carbocycles. The molecule has 5 nitrogen and oxygen atoms in total. The Labute approximate surface area is 152 Å². The Hall–Kier alpha value is -1.59. The van der Waals surface area contributed by atoms with E-state index in [-0.39, 0.29) is 5.91 Å². The van der Waals surface area contributed by atoms with Gasteiger partial charge in [-0.2, -0.15) is 0 Å². The van der Waals surface area contributed by atoms with Gasteiger partial charge in [0.05, 0.1) is 5.60 Å². The van der Waals surface area contributed by atoms with Crippen LogP contribution >= 0.6 is 0 Å². The molecule has 0 bridgehead atoms. The fourth-order valence-electron chi connectivity index (χ4n) is 3.55. The van der Waals surface area contributed by atoms with Gasteiger partial charge in [0.2, 0.25) is 5.91 Å². The molecule has 0 saturated carbocycles. The summed E-state index contributed by atoms with van der Waals surface area (Å²) in [5, 5.41) is 10.7. The fourth-order valence-corrected chi connectivity index (χ4v) is 3.55. The van der Waals surface area contributed by atoms with Crippen LogP contribution in [0.25, 0.3) is 0 Å². The molecular formula is C20H33N3O2. The summed E-state index contributed by atoms with van der Waals surface area (Å²) in [6, 6.07) is 8.38. The van der Waals surface area contributed by atoms with Gasteiger partial charge in [0.25, 0.3) is 0 Å². The molecule has 140 valence electrons. The number of aliphatic hydroxyl groups is 1. The molecular weight excluding hydrogens is 314 g/mol. The zero-order valence-corrected chi connectivity index (χ0v) is 16.2. The minimum atomic E-state index is -0.666. The highest BCUT2D eigenvalue weighted by Crippen LogP contribution is 2.23. The van der Waals surface area contributed by atoms with Gasteiger partial charge in [-0.05, 0) is 57.5 Å². The van der Waals surface area contributed by atoms with E-state index >= 15 is 0 Å². The summed E-state index contributed by atoms with van der Waals surface area (Å²) in [5.41, 5.74) is 1.70. The minimum absolute atomic E-state index is 0.200. The van der Waals surface area contributed by atoms with E-state index in [4.69, 9.17) is 0 Å². The standard InChI is InChI=1S/C20H33N3O2/c1-21(2)16-20(25)12-5-14-23(15-13-20)19(24)11-8-17-6-9-18(10-7-17)22(3)4/h6-7,9-10,25H,5,8,11-16H2,1-4H3/t20-/m0/s1. The van der Waals surface area contributed by atoms with Gasteiger partial charge >= 0.3 is 0 Å². The lowest BCUT2D eigenvalue weighted by Gasteiger charge is -2.30. The summed E-state index contributed by atoms with van der Waals surface area (Å²) >= 11 is 0. The van der Waals surface area contributed by atoms with Crippen molar-refractivity contribution in [1.82, 2.24) is 9.80 Å². The summed E-state index contributed by atoms with van der Waals surface area (Å²) in [7, 11) is 8.01. The zero-order valence-electron chi connectivity index (χ0n) is 16.2. The van der Waals surface area contributed by atoms with Crippen LogP contribution in [-0.2, 0) is 11.2 Å². The van der Waals surface area contributed by atoms with Crippen LogP contribution in [-0.4, -0.2) is 74.2 Å². The van der Waals surface area contributed by atoms with E-state index in [0.29, 0.717) is 25.9 Å². The van der Waals surface area contributed by atoms with Crippen molar-refractivity contribution < 1.29 is 9.90 Å². The monoisotopic (exact) mass is 347 g/mol. The topological polar surface area (TPSA) is 47.0 Å². The Bertz CT molecular complexity index is 557. The van der Waals surface area contributed by atoms with Gasteiger partial charge in [-0.15, -0.1) is 0 Å². The quantitative estimate of drug-likeness (QED) is 0.855. The predicted molar refractivity (Wildman–Crippen MR) is 103 cm³/mol. The molecule has 0 unspecified atom stereocenters. The van der Waals surface area contributed by atoms with Crippen LogP contribution in [0.4, 0.5) is 5.69 Å². The molecule has 1 fully saturated rings. The number of nitrogens with zero attached hydrogens (tertiary/aromatic N) is 3. The Balaban J connectivity index is 1.84. The normalized spacial score (nSPS) is 21.3. The Morgan fingerprint density at radius 3 is 2.40 bits per heavy atom. The molecule has 1 saturated heterocycles. The zero-order chi connectivity index (χ0) is 18.4. The van der Waals surface area contributed by atoms with Gasteiger partial charge in [0.1, 0.15) is 0 Å². The summed E-state index contributed by atoms with van der Waals surface area (Å²) < 4.78 is 0. The Morgan fingerprint density at radius 1 is 1.12 bits per heavy atom. The number of carbonyl (C=O) groups is 1. The first-order valence-electron chi connectivity index (χ1n) is 9.20. The van der Waals surface area contributed by atoms with Crippen LogP contribution in [0.1, 0.15) is 31.2 Å². The molecule has 0 aromatic heterocycles. The van der Waals surface area contributed by atoms with Crippen LogP contribution in [0.2, 0.25) is 0 Å². The summed E-state index contributed by atoms with van der Waals surface area (Å²) in [6.07, 6.45) is 3.60. The number of likely N-dealkylation sites (tertiary alicyclic amines) is 1. The van der Waals surface area contributed by atoms with Crippen molar-refractivity contribution in [2.45, 2.75) is 37.7 Å². The van der Waals surface area contributed by atoms with Gasteiger partial charge in [-0.25, -0.2) is 0 Å². The fraction of sp³-hybridized carbons (Fsp3) is 0.650. The number of hydrogen-bond acceptors (Lipinski definition) is 4. The highest BCUT2D eigenvalue weighted by Gasteiger charge is 2.31. The molecule has 1 aliphatic heterocycles.